The van der Waals surface area contributed by atoms with Gasteiger partial charge in [0.05, 0.1) is 6.61 Å². The number of rotatable bonds is 25. The molecule has 0 spiro atoms. The molecular formula is C65H71Br3N4O4. The second-order valence-corrected chi connectivity index (χ2v) is 22.6. The van der Waals surface area contributed by atoms with E-state index in [2.05, 4.69) is 205 Å². The monoisotopic (exact) mass is 1210 g/mol. The van der Waals surface area contributed by atoms with Crippen LogP contribution in [-0.2, 0) is 0 Å². The zero-order valence-electron chi connectivity index (χ0n) is 44.3. The highest BCUT2D eigenvalue weighted by atomic mass is 79.9. The van der Waals surface area contributed by atoms with E-state index in [0.29, 0.717) is 6.61 Å². The van der Waals surface area contributed by atoms with E-state index in [9.17, 15) is 0 Å². The highest BCUT2D eigenvalue weighted by molar-refractivity contribution is 9.09. The maximum Gasteiger partial charge on any atom is 0.153 e. The van der Waals surface area contributed by atoms with Crippen molar-refractivity contribution in [1.29, 1.82) is 0 Å². The number of ether oxygens (including phenoxy) is 4. The molecule has 0 fully saturated rings. The van der Waals surface area contributed by atoms with Gasteiger partial charge in [-0.25, -0.2) is 0 Å². The predicted molar refractivity (Wildman–Crippen MR) is 322 cm³/mol. The summed E-state index contributed by atoms with van der Waals surface area (Å²) in [6, 6.07) is 51.2. The Labute approximate surface area is 473 Å². The van der Waals surface area contributed by atoms with Crippen molar-refractivity contribution in [3.63, 3.8) is 0 Å². The number of H-pyrrole nitrogens is 4. The minimum absolute atomic E-state index is 0.0736. The number of aromatic nitrogens is 4. The van der Waals surface area contributed by atoms with E-state index in [0.717, 1.165) is 137 Å². The van der Waals surface area contributed by atoms with Gasteiger partial charge in [-0.2, -0.15) is 0 Å². The topological polar surface area (TPSA) is 100 Å². The number of hydrogen-bond acceptors (Lipinski definition) is 4. The van der Waals surface area contributed by atoms with Crippen molar-refractivity contribution in [2.75, 3.05) is 6.61 Å². The Morgan fingerprint density at radius 2 is 0.592 bits per heavy atom. The van der Waals surface area contributed by atoms with Crippen LogP contribution >= 0.6 is 47.8 Å². The summed E-state index contributed by atoms with van der Waals surface area (Å²) in [5.74, 6) is 3.28. The van der Waals surface area contributed by atoms with E-state index in [1.165, 1.54) is 57.8 Å². The lowest BCUT2D eigenvalue weighted by Crippen LogP contribution is -2.19. The molecule has 3 atom stereocenters. The molecule has 4 N–H and O–H groups in total. The summed E-state index contributed by atoms with van der Waals surface area (Å²) in [6.07, 6.45) is 15.5. The molecule has 0 aliphatic carbocycles. The van der Waals surface area contributed by atoms with Gasteiger partial charge in [0.25, 0.3) is 0 Å². The highest BCUT2D eigenvalue weighted by Gasteiger charge is 2.20. The van der Waals surface area contributed by atoms with Gasteiger partial charge in [-0.3, -0.25) is 0 Å². The fourth-order valence-electron chi connectivity index (χ4n) is 9.86. The summed E-state index contributed by atoms with van der Waals surface area (Å²) in [7, 11) is 0. The number of fused-ring (bicyclic) bond motifs is 8. The first-order valence-corrected chi connectivity index (χ1v) is 30.2. The van der Waals surface area contributed by atoms with Gasteiger partial charge in [0, 0.05) is 66.5 Å². The van der Waals surface area contributed by atoms with Crippen LogP contribution in [0.15, 0.2) is 146 Å². The van der Waals surface area contributed by atoms with Crippen LogP contribution in [0, 0.1) is 0 Å². The number of nitrogens with one attached hydrogen (secondary N) is 4. The Morgan fingerprint density at radius 1 is 0.316 bits per heavy atom. The van der Waals surface area contributed by atoms with Crippen molar-refractivity contribution in [3.8, 4) is 23.0 Å². The average molecular weight is 1210 g/mol. The second-order valence-electron chi connectivity index (χ2n) is 19.6. The summed E-state index contributed by atoms with van der Waals surface area (Å²) < 4.78 is 24.9. The molecule has 396 valence electrons. The van der Waals surface area contributed by atoms with Crippen LogP contribution in [-0.4, -0.2) is 41.6 Å². The number of unbranched alkanes of at least 4 members (excludes halogenated alkanes) is 9. The highest BCUT2D eigenvalue weighted by Crippen LogP contribution is 2.31. The SMILES string of the molecule is CCCCCCCCCCCCOc1ccc(C2=c3ccc([nH]3)=C(c3ccc(OC(Br)CC)cc3)c3ccc([nH]3)C(c3ccc(OC(Br)CC)cc3)=c3ccc([nH]3)=C(c3ccc(OC(Br)CC)cc3)c3ccc2[nH]3)cc1. The third-order valence-corrected chi connectivity index (χ3v) is 16.5. The Hall–Kier alpha value is -5.88. The number of benzene rings is 4. The van der Waals surface area contributed by atoms with Crippen LogP contribution in [0.2, 0.25) is 0 Å². The molecule has 11 heteroatoms. The van der Waals surface area contributed by atoms with E-state index >= 15 is 0 Å². The lowest BCUT2D eigenvalue weighted by Gasteiger charge is -2.13. The lowest BCUT2D eigenvalue weighted by atomic mass is 10.0. The van der Waals surface area contributed by atoms with Crippen LogP contribution in [0.1, 0.15) is 156 Å². The lowest BCUT2D eigenvalue weighted by molar-refractivity contribution is 0.290. The number of alkyl halides is 3. The van der Waals surface area contributed by atoms with Gasteiger partial charge in [0.1, 0.15) is 23.0 Å². The maximum absolute atomic E-state index is 6.35. The van der Waals surface area contributed by atoms with Crippen LogP contribution in [0.5, 0.6) is 23.0 Å². The minimum atomic E-state index is -0.0744. The fraction of sp³-hybridized carbons (Fsp3) is 0.323. The van der Waals surface area contributed by atoms with Gasteiger partial charge >= 0.3 is 0 Å². The number of hydrogen-bond donors (Lipinski definition) is 4. The van der Waals surface area contributed by atoms with Crippen molar-refractivity contribution in [2.24, 2.45) is 0 Å². The molecule has 3 unspecified atom stereocenters. The van der Waals surface area contributed by atoms with Gasteiger partial charge < -0.3 is 38.9 Å². The van der Waals surface area contributed by atoms with E-state index in [-0.39, 0.29) is 15.0 Å². The zero-order chi connectivity index (χ0) is 52.8. The first-order valence-electron chi connectivity index (χ1n) is 27.4. The third kappa shape index (κ3) is 13.8. The molecule has 0 radical (unpaired) electrons. The van der Waals surface area contributed by atoms with Crippen LogP contribution < -0.4 is 40.3 Å². The van der Waals surface area contributed by atoms with Gasteiger partial charge in [-0.15, -0.1) is 0 Å². The van der Waals surface area contributed by atoms with Gasteiger partial charge in [-0.05, 0) is 193 Å². The molecule has 8 aromatic rings. The Balaban J connectivity index is 1.18. The molecule has 1 aliphatic heterocycles. The molecule has 76 heavy (non-hydrogen) atoms. The summed E-state index contributed by atoms with van der Waals surface area (Å²) in [5, 5.41) is 3.63. The summed E-state index contributed by atoms with van der Waals surface area (Å²) in [5.41, 5.74) is 12.1. The first kappa shape index (κ1) is 54.9. The molecule has 8 bridgehead atoms. The Morgan fingerprint density at radius 3 is 0.882 bits per heavy atom. The average Bonchev–Trinajstić information content (AvgIpc) is 4.33. The van der Waals surface area contributed by atoms with Crippen molar-refractivity contribution in [3.05, 3.63) is 212 Å². The molecule has 5 heterocycles. The summed E-state index contributed by atoms with van der Waals surface area (Å²) in [6.45, 7) is 9.29. The van der Waals surface area contributed by atoms with Crippen molar-refractivity contribution < 1.29 is 18.9 Å². The second kappa shape index (κ2) is 26.9. The summed E-state index contributed by atoms with van der Waals surface area (Å²) >= 11 is 11.0. The standard InChI is InChI=1S/C65H71Br3N4O4/c1-5-9-10-11-12-13-14-15-16-17-42-73-47-26-18-43(19-27-47)62-51-34-36-53(69-51)63(44-20-28-48(29-21-44)74-59(66)6-2)55-38-40-57(71-55)65(46-24-32-50(33-25-46)76-61(68)8-4)58-41-39-56(72-58)64(54-37-35-52(62)70-54)45-22-30-49(31-23-45)75-60(67)7-3/h18-41,59-61,69-72H,5-17,42H2,1-4H3. The van der Waals surface area contributed by atoms with Crippen LogP contribution in [0.3, 0.4) is 0 Å². The first-order chi connectivity index (χ1) is 37.2. The molecule has 4 aromatic heterocycles. The normalized spacial score (nSPS) is 13.7. The van der Waals surface area contributed by atoms with Crippen molar-refractivity contribution in [2.45, 2.75) is 126 Å². The smallest absolute Gasteiger partial charge is 0.153 e. The fourth-order valence-corrected chi connectivity index (χ4v) is 10.5. The Kier molecular flexibility index (Phi) is 19.5. The van der Waals surface area contributed by atoms with Crippen molar-refractivity contribution >= 4 is 70.1 Å². The van der Waals surface area contributed by atoms with Gasteiger partial charge in [-0.1, -0.05) is 134 Å². The van der Waals surface area contributed by atoms with Crippen LogP contribution in [0.25, 0.3) is 22.3 Å². The zero-order valence-corrected chi connectivity index (χ0v) is 49.0. The molecule has 9 rings (SSSR count). The molecule has 8 nitrogen and oxygen atoms in total. The quantitative estimate of drug-likeness (QED) is 0.0338. The van der Waals surface area contributed by atoms with E-state index < -0.39 is 0 Å². The van der Waals surface area contributed by atoms with E-state index in [1.807, 2.05) is 36.4 Å². The predicted octanol–water partition coefficient (Wildman–Crippen LogP) is 15.1. The molecule has 1 aliphatic rings. The largest absolute Gasteiger partial charge is 0.494 e. The van der Waals surface area contributed by atoms with E-state index in [4.69, 9.17) is 18.9 Å². The molecule has 0 saturated heterocycles. The van der Waals surface area contributed by atoms with E-state index in [1.54, 1.807) is 0 Å². The number of halogens is 3. The van der Waals surface area contributed by atoms with Gasteiger partial charge in [0.2, 0.25) is 0 Å². The van der Waals surface area contributed by atoms with Crippen LogP contribution in [0.4, 0.5) is 0 Å². The third-order valence-electron chi connectivity index (χ3n) is 14.0. The van der Waals surface area contributed by atoms with Crippen molar-refractivity contribution in [1.82, 2.24) is 19.9 Å². The minimum Gasteiger partial charge on any atom is -0.494 e. The molecule has 0 saturated carbocycles. The summed E-state index contributed by atoms with van der Waals surface area (Å²) in [4.78, 5) is 15.7. The van der Waals surface area contributed by atoms with Gasteiger partial charge in [0.15, 0.2) is 15.0 Å². The molecular weight excluding hydrogens is 1140 g/mol. The molecule has 4 aromatic carbocycles. The Bertz CT molecular complexity index is 3370. The maximum atomic E-state index is 6.35. The molecule has 0 amide bonds. The number of aromatic amines is 4.